The number of rotatable bonds is 6. The van der Waals surface area contributed by atoms with Crippen molar-refractivity contribution in [2.24, 2.45) is 7.05 Å². The quantitative estimate of drug-likeness (QED) is 0.644. The van der Waals surface area contributed by atoms with E-state index in [1.54, 1.807) is 24.3 Å². The van der Waals surface area contributed by atoms with Gasteiger partial charge in [-0.15, -0.1) is 0 Å². The molecule has 4 rings (SSSR count). The van der Waals surface area contributed by atoms with Crippen LogP contribution in [-0.2, 0) is 23.6 Å². The molecular formula is C20H19N3O4S. The van der Waals surface area contributed by atoms with Crippen molar-refractivity contribution >= 4 is 32.7 Å². The molecule has 0 radical (unpaired) electrons. The highest BCUT2D eigenvalue weighted by molar-refractivity contribution is 7.89. The van der Waals surface area contributed by atoms with Gasteiger partial charge in [0.05, 0.1) is 16.9 Å². The number of nitrogens with one attached hydrogen (secondary N) is 1. The minimum absolute atomic E-state index is 0.145. The second-order valence-electron chi connectivity index (χ2n) is 6.73. The molecule has 2 aromatic carbocycles. The number of carbonyl (C=O) groups is 2. The summed E-state index contributed by atoms with van der Waals surface area (Å²) in [5.74, 6) is -1.25. The maximum absolute atomic E-state index is 12.4. The van der Waals surface area contributed by atoms with Gasteiger partial charge < -0.3 is 4.57 Å². The number of fused-ring (bicyclic) bond motifs is 2. The van der Waals surface area contributed by atoms with E-state index in [-0.39, 0.29) is 18.8 Å². The summed E-state index contributed by atoms with van der Waals surface area (Å²) in [6, 6.07) is 14.2. The molecule has 1 aromatic heterocycles. The van der Waals surface area contributed by atoms with Crippen LogP contribution in [0.5, 0.6) is 0 Å². The topological polar surface area (TPSA) is 88.5 Å². The molecular weight excluding hydrogens is 378 g/mol. The van der Waals surface area contributed by atoms with E-state index >= 15 is 0 Å². The lowest BCUT2D eigenvalue weighted by molar-refractivity contribution is 0.0664. The highest BCUT2D eigenvalue weighted by Crippen LogP contribution is 2.22. The van der Waals surface area contributed by atoms with Crippen LogP contribution in [0, 0.1) is 0 Å². The molecule has 1 aliphatic rings. The first-order chi connectivity index (χ1) is 13.4. The zero-order valence-corrected chi connectivity index (χ0v) is 16.1. The fourth-order valence-electron chi connectivity index (χ4n) is 3.48. The predicted octanol–water partition coefficient (Wildman–Crippen LogP) is 1.89. The van der Waals surface area contributed by atoms with Crippen LogP contribution in [0.3, 0.4) is 0 Å². The predicted molar refractivity (Wildman–Crippen MR) is 105 cm³/mol. The average Bonchev–Trinajstić information content (AvgIpc) is 3.14. The first-order valence-corrected chi connectivity index (χ1v) is 10.5. The Kier molecular flexibility index (Phi) is 4.52. The van der Waals surface area contributed by atoms with Gasteiger partial charge in [0.2, 0.25) is 10.0 Å². The molecule has 2 amide bonds. The summed E-state index contributed by atoms with van der Waals surface area (Å²) in [5, 5.41) is 0.980. The Morgan fingerprint density at radius 2 is 1.54 bits per heavy atom. The Labute approximate surface area is 162 Å². The van der Waals surface area contributed by atoms with Crippen molar-refractivity contribution in [1.82, 2.24) is 14.2 Å². The zero-order valence-electron chi connectivity index (χ0n) is 15.3. The fraction of sp³-hybridized carbons (Fsp3) is 0.200. The van der Waals surface area contributed by atoms with E-state index in [9.17, 15) is 18.0 Å². The van der Waals surface area contributed by atoms with Gasteiger partial charge >= 0.3 is 0 Å². The lowest BCUT2D eigenvalue weighted by Gasteiger charge is -2.14. The number of nitrogens with zero attached hydrogens (tertiary/aromatic N) is 2. The maximum atomic E-state index is 12.4. The first-order valence-electron chi connectivity index (χ1n) is 8.83. The molecule has 1 N–H and O–H groups in total. The third-order valence-corrected chi connectivity index (χ3v) is 6.23. The molecule has 7 nitrogen and oxygen atoms in total. The summed E-state index contributed by atoms with van der Waals surface area (Å²) < 4.78 is 29.4. The van der Waals surface area contributed by atoms with Crippen LogP contribution < -0.4 is 4.72 Å². The van der Waals surface area contributed by atoms with Crippen molar-refractivity contribution in [3.8, 4) is 0 Å². The Morgan fingerprint density at radius 3 is 2.21 bits per heavy atom. The molecule has 0 spiro atoms. The number of aromatic nitrogens is 1. The number of sulfonamides is 1. The van der Waals surface area contributed by atoms with Crippen LogP contribution in [0.4, 0.5) is 0 Å². The molecule has 3 aromatic rings. The van der Waals surface area contributed by atoms with Gasteiger partial charge in [0, 0.05) is 37.2 Å². The minimum Gasteiger partial charge on any atom is -0.350 e. The van der Waals surface area contributed by atoms with Crippen LogP contribution >= 0.6 is 0 Å². The second-order valence-corrected chi connectivity index (χ2v) is 8.66. The molecule has 144 valence electrons. The number of amides is 2. The fourth-order valence-corrected chi connectivity index (χ4v) is 4.42. The number of para-hydroxylation sites is 1. The van der Waals surface area contributed by atoms with E-state index in [2.05, 4.69) is 4.72 Å². The summed E-state index contributed by atoms with van der Waals surface area (Å²) in [7, 11) is -1.76. The normalized spacial score (nSPS) is 14.1. The summed E-state index contributed by atoms with van der Waals surface area (Å²) in [6.07, 6.45) is 1.89. The summed E-state index contributed by atoms with van der Waals surface area (Å²) in [5.41, 5.74) is 2.51. The van der Waals surface area contributed by atoms with E-state index in [1.807, 2.05) is 42.1 Å². The molecule has 0 fully saturated rings. The summed E-state index contributed by atoms with van der Waals surface area (Å²) in [4.78, 5) is 25.7. The van der Waals surface area contributed by atoms with Crippen molar-refractivity contribution in [3.63, 3.8) is 0 Å². The zero-order chi connectivity index (χ0) is 19.9. The van der Waals surface area contributed by atoms with Crippen LogP contribution in [0.1, 0.15) is 26.3 Å². The maximum Gasteiger partial charge on any atom is 0.261 e. The molecule has 28 heavy (non-hydrogen) atoms. The number of carbonyl (C=O) groups excluding carboxylic acids is 2. The highest BCUT2D eigenvalue weighted by Gasteiger charge is 2.35. The second kappa shape index (κ2) is 6.88. The van der Waals surface area contributed by atoms with Gasteiger partial charge in [-0.2, -0.15) is 0 Å². The van der Waals surface area contributed by atoms with Crippen LogP contribution in [0.15, 0.2) is 54.7 Å². The largest absolute Gasteiger partial charge is 0.350 e. The van der Waals surface area contributed by atoms with Crippen LogP contribution in [-0.4, -0.2) is 42.0 Å². The molecule has 0 saturated carbocycles. The van der Waals surface area contributed by atoms with Crippen molar-refractivity contribution in [2.75, 3.05) is 12.3 Å². The van der Waals surface area contributed by atoms with Crippen LogP contribution in [0.25, 0.3) is 10.9 Å². The molecule has 1 aliphatic heterocycles. The lowest BCUT2D eigenvalue weighted by atomic mass is 10.1. The van der Waals surface area contributed by atoms with Gasteiger partial charge in [-0.1, -0.05) is 30.3 Å². The van der Waals surface area contributed by atoms with E-state index < -0.39 is 21.8 Å². The van der Waals surface area contributed by atoms with Gasteiger partial charge in [0.15, 0.2) is 0 Å². The van der Waals surface area contributed by atoms with Gasteiger partial charge in [-0.3, -0.25) is 14.5 Å². The average molecular weight is 397 g/mol. The summed E-state index contributed by atoms with van der Waals surface area (Å²) >= 11 is 0. The van der Waals surface area contributed by atoms with Gasteiger partial charge in [-0.25, -0.2) is 13.1 Å². The molecule has 0 bridgehead atoms. The van der Waals surface area contributed by atoms with E-state index in [4.69, 9.17) is 0 Å². The Balaban J connectivity index is 1.43. The molecule has 0 unspecified atom stereocenters. The van der Waals surface area contributed by atoms with Crippen molar-refractivity contribution in [1.29, 1.82) is 0 Å². The SMILES string of the molecule is Cn1cc(CNS(=O)(=O)CCN2C(=O)c3ccccc3C2=O)c2ccccc21. The summed E-state index contributed by atoms with van der Waals surface area (Å²) in [6.45, 7) is -0.0387. The standard InChI is InChI=1S/C20H19N3O4S/c1-22-13-14(15-6-4-5-9-18(15)22)12-21-28(26,27)11-10-23-19(24)16-7-2-3-8-17(16)20(23)25/h2-9,13,21H,10-12H2,1H3. The third-order valence-electron chi connectivity index (χ3n) is 4.92. The van der Waals surface area contributed by atoms with Crippen LogP contribution in [0.2, 0.25) is 0 Å². The first kappa shape index (κ1) is 18.4. The van der Waals surface area contributed by atoms with Crippen molar-refractivity contribution in [2.45, 2.75) is 6.54 Å². The van der Waals surface area contributed by atoms with Gasteiger partial charge in [0.25, 0.3) is 11.8 Å². The molecule has 0 aliphatic carbocycles. The minimum atomic E-state index is -3.67. The third kappa shape index (κ3) is 3.21. The molecule has 8 heteroatoms. The highest BCUT2D eigenvalue weighted by atomic mass is 32.2. The number of hydrogen-bond acceptors (Lipinski definition) is 4. The molecule has 2 heterocycles. The van der Waals surface area contributed by atoms with E-state index in [1.165, 1.54) is 0 Å². The number of imide groups is 1. The Bertz CT molecular complexity index is 1160. The Hall–Kier alpha value is -2.97. The molecule has 0 atom stereocenters. The van der Waals surface area contributed by atoms with Gasteiger partial charge in [0.1, 0.15) is 0 Å². The van der Waals surface area contributed by atoms with E-state index in [0.717, 1.165) is 21.4 Å². The lowest BCUT2D eigenvalue weighted by Crippen LogP contribution is -2.37. The smallest absolute Gasteiger partial charge is 0.261 e. The van der Waals surface area contributed by atoms with Gasteiger partial charge in [-0.05, 0) is 23.8 Å². The Morgan fingerprint density at radius 1 is 0.929 bits per heavy atom. The number of benzene rings is 2. The van der Waals surface area contributed by atoms with E-state index in [0.29, 0.717) is 11.1 Å². The van der Waals surface area contributed by atoms with Crippen molar-refractivity contribution < 1.29 is 18.0 Å². The number of hydrogen-bond donors (Lipinski definition) is 1. The molecule has 0 saturated heterocycles. The monoisotopic (exact) mass is 397 g/mol. The number of aryl methyl sites for hydroxylation is 1. The van der Waals surface area contributed by atoms with Crippen molar-refractivity contribution in [3.05, 3.63) is 71.4 Å².